The Labute approximate surface area is 143 Å². The van der Waals surface area contributed by atoms with Gasteiger partial charge in [-0.3, -0.25) is 0 Å². The molecule has 0 saturated heterocycles. The molecule has 1 heterocycles. The highest BCUT2D eigenvalue weighted by Crippen LogP contribution is 2.38. The third kappa shape index (κ3) is 3.58. The van der Waals surface area contributed by atoms with Gasteiger partial charge in [-0.15, -0.1) is 0 Å². The van der Waals surface area contributed by atoms with Crippen LogP contribution in [-0.4, -0.2) is 21.4 Å². The third-order valence-corrected chi connectivity index (χ3v) is 6.46. The third-order valence-electron chi connectivity index (χ3n) is 5.33. The summed E-state index contributed by atoms with van der Waals surface area (Å²) in [4.78, 5) is 4.70. The number of rotatable bonds is 4. The number of hydrogen-bond acceptors (Lipinski definition) is 4. The van der Waals surface area contributed by atoms with Crippen LogP contribution in [0, 0.1) is 0 Å². The van der Waals surface area contributed by atoms with Gasteiger partial charge in [0, 0.05) is 24.0 Å². The van der Waals surface area contributed by atoms with Crippen LogP contribution >= 0.6 is 11.9 Å². The Morgan fingerprint density at radius 1 is 0.870 bits per heavy atom. The van der Waals surface area contributed by atoms with Gasteiger partial charge in [0.1, 0.15) is 5.52 Å². The SMILES string of the molecule is c1ccc2oc(SN(C3CCCCC3)C3CCCCC3)nc2c1. The molecule has 3 nitrogen and oxygen atoms in total. The first kappa shape index (κ1) is 15.5. The molecule has 124 valence electrons. The van der Waals surface area contributed by atoms with Gasteiger partial charge < -0.3 is 4.42 Å². The second-order valence-electron chi connectivity index (χ2n) is 6.98. The fourth-order valence-electron chi connectivity index (χ4n) is 4.10. The zero-order valence-electron chi connectivity index (χ0n) is 13.7. The molecular formula is C19H26N2OS. The largest absolute Gasteiger partial charge is 0.430 e. The van der Waals surface area contributed by atoms with E-state index in [1.807, 2.05) is 24.3 Å². The lowest BCUT2D eigenvalue weighted by atomic mass is 9.91. The number of nitrogens with zero attached hydrogens (tertiary/aromatic N) is 2. The zero-order valence-corrected chi connectivity index (χ0v) is 14.6. The minimum Gasteiger partial charge on any atom is -0.430 e. The summed E-state index contributed by atoms with van der Waals surface area (Å²) in [6, 6.07) is 9.49. The first-order valence-electron chi connectivity index (χ1n) is 9.22. The van der Waals surface area contributed by atoms with Crippen molar-refractivity contribution in [3.8, 4) is 0 Å². The molecule has 23 heavy (non-hydrogen) atoms. The Bertz CT molecular complexity index is 578. The Morgan fingerprint density at radius 2 is 1.48 bits per heavy atom. The average molecular weight is 330 g/mol. The smallest absolute Gasteiger partial charge is 0.272 e. The van der Waals surface area contributed by atoms with E-state index in [1.165, 1.54) is 64.2 Å². The van der Waals surface area contributed by atoms with E-state index < -0.39 is 0 Å². The number of aromatic nitrogens is 1. The molecule has 0 amide bonds. The fraction of sp³-hybridized carbons (Fsp3) is 0.632. The zero-order chi connectivity index (χ0) is 15.5. The number of para-hydroxylation sites is 2. The highest BCUT2D eigenvalue weighted by molar-refractivity contribution is 7.96. The van der Waals surface area contributed by atoms with Crippen molar-refractivity contribution in [3.05, 3.63) is 24.3 Å². The molecule has 1 aromatic carbocycles. The summed E-state index contributed by atoms with van der Waals surface area (Å²) in [5.41, 5.74) is 1.88. The maximum Gasteiger partial charge on any atom is 0.272 e. The van der Waals surface area contributed by atoms with Crippen LogP contribution in [-0.2, 0) is 0 Å². The summed E-state index contributed by atoms with van der Waals surface area (Å²) in [7, 11) is 0. The highest BCUT2D eigenvalue weighted by Gasteiger charge is 2.31. The average Bonchev–Trinajstić information content (AvgIpc) is 3.04. The summed E-state index contributed by atoms with van der Waals surface area (Å²) < 4.78 is 8.66. The number of fused-ring (bicyclic) bond motifs is 1. The van der Waals surface area contributed by atoms with Crippen molar-refractivity contribution in [2.75, 3.05) is 0 Å². The van der Waals surface area contributed by atoms with Crippen LogP contribution in [0.25, 0.3) is 11.1 Å². The summed E-state index contributed by atoms with van der Waals surface area (Å²) in [5, 5.41) is 0.822. The van der Waals surface area contributed by atoms with Gasteiger partial charge in [0.25, 0.3) is 5.22 Å². The van der Waals surface area contributed by atoms with Gasteiger partial charge in [-0.25, -0.2) is 9.29 Å². The highest BCUT2D eigenvalue weighted by atomic mass is 32.2. The summed E-state index contributed by atoms with van der Waals surface area (Å²) in [5.74, 6) is 0. The van der Waals surface area contributed by atoms with Crippen molar-refractivity contribution in [1.29, 1.82) is 0 Å². The van der Waals surface area contributed by atoms with Crippen molar-refractivity contribution in [2.45, 2.75) is 81.5 Å². The van der Waals surface area contributed by atoms with Crippen LogP contribution in [0.15, 0.2) is 33.9 Å². The quantitative estimate of drug-likeness (QED) is 0.662. The van der Waals surface area contributed by atoms with Crippen LogP contribution in [0.1, 0.15) is 64.2 Å². The van der Waals surface area contributed by atoms with Crippen molar-refractivity contribution in [2.24, 2.45) is 0 Å². The lowest BCUT2D eigenvalue weighted by molar-refractivity contribution is 0.183. The number of hydrogen-bond donors (Lipinski definition) is 0. The molecule has 0 radical (unpaired) electrons. The van der Waals surface area contributed by atoms with Crippen LogP contribution in [0.5, 0.6) is 0 Å². The minimum absolute atomic E-state index is 0.701. The molecule has 0 aliphatic heterocycles. The molecule has 1 aromatic heterocycles. The molecule has 0 bridgehead atoms. The number of oxazole rings is 1. The van der Waals surface area contributed by atoms with E-state index in [-0.39, 0.29) is 0 Å². The molecule has 2 aromatic rings. The van der Waals surface area contributed by atoms with E-state index >= 15 is 0 Å². The Morgan fingerprint density at radius 3 is 2.09 bits per heavy atom. The van der Waals surface area contributed by atoms with Gasteiger partial charge >= 0.3 is 0 Å². The molecule has 2 saturated carbocycles. The number of benzene rings is 1. The second-order valence-corrected chi connectivity index (χ2v) is 7.94. The van der Waals surface area contributed by atoms with Gasteiger partial charge in [0.15, 0.2) is 5.58 Å². The van der Waals surface area contributed by atoms with E-state index in [1.54, 1.807) is 11.9 Å². The van der Waals surface area contributed by atoms with Crippen molar-refractivity contribution < 1.29 is 4.42 Å². The van der Waals surface area contributed by atoms with E-state index in [9.17, 15) is 0 Å². The van der Waals surface area contributed by atoms with Crippen LogP contribution in [0.4, 0.5) is 0 Å². The maximum atomic E-state index is 5.99. The molecule has 2 aliphatic carbocycles. The van der Waals surface area contributed by atoms with Crippen molar-refractivity contribution >= 4 is 23.0 Å². The monoisotopic (exact) mass is 330 g/mol. The predicted octanol–water partition coefficient (Wildman–Crippen LogP) is 5.80. The Balaban J connectivity index is 1.55. The summed E-state index contributed by atoms with van der Waals surface area (Å²) in [6.07, 6.45) is 13.7. The van der Waals surface area contributed by atoms with E-state index in [0.717, 1.165) is 16.3 Å². The summed E-state index contributed by atoms with van der Waals surface area (Å²) >= 11 is 1.78. The van der Waals surface area contributed by atoms with E-state index in [2.05, 4.69) is 4.31 Å². The molecule has 4 rings (SSSR count). The lowest BCUT2D eigenvalue weighted by Gasteiger charge is -2.39. The van der Waals surface area contributed by atoms with E-state index in [0.29, 0.717) is 12.1 Å². The lowest BCUT2D eigenvalue weighted by Crippen LogP contribution is -2.40. The molecular weight excluding hydrogens is 304 g/mol. The Hall–Kier alpha value is -1.00. The van der Waals surface area contributed by atoms with Gasteiger partial charge in [0.2, 0.25) is 0 Å². The van der Waals surface area contributed by atoms with Crippen LogP contribution < -0.4 is 0 Å². The Kier molecular flexibility index (Phi) is 4.90. The first-order chi connectivity index (χ1) is 11.4. The van der Waals surface area contributed by atoms with Crippen LogP contribution in [0.2, 0.25) is 0 Å². The predicted molar refractivity (Wildman–Crippen MR) is 95.5 cm³/mol. The maximum absolute atomic E-state index is 5.99. The molecule has 2 fully saturated rings. The fourth-order valence-corrected chi connectivity index (χ4v) is 5.26. The molecule has 0 unspecified atom stereocenters. The molecule has 4 heteroatoms. The standard InChI is InChI=1S/C19H26N2OS/c1-3-9-15(10-4-1)21(16-11-5-2-6-12-16)23-19-20-17-13-7-8-14-18(17)22-19/h7-8,13-16H,1-6,9-12H2. The van der Waals surface area contributed by atoms with Gasteiger partial charge in [-0.1, -0.05) is 50.7 Å². The molecule has 0 atom stereocenters. The molecule has 0 spiro atoms. The van der Waals surface area contributed by atoms with E-state index in [4.69, 9.17) is 9.40 Å². The summed E-state index contributed by atoms with van der Waals surface area (Å²) in [6.45, 7) is 0. The van der Waals surface area contributed by atoms with Gasteiger partial charge in [-0.05, 0) is 37.8 Å². The van der Waals surface area contributed by atoms with Crippen molar-refractivity contribution in [1.82, 2.24) is 9.29 Å². The molecule has 2 aliphatic rings. The van der Waals surface area contributed by atoms with Gasteiger partial charge in [0.05, 0.1) is 0 Å². The van der Waals surface area contributed by atoms with Crippen molar-refractivity contribution in [3.63, 3.8) is 0 Å². The normalized spacial score (nSPS) is 21.3. The van der Waals surface area contributed by atoms with Crippen LogP contribution in [0.3, 0.4) is 0 Å². The first-order valence-corrected chi connectivity index (χ1v) is 9.99. The second kappa shape index (κ2) is 7.27. The minimum atomic E-state index is 0.701. The van der Waals surface area contributed by atoms with Gasteiger partial charge in [-0.2, -0.15) is 0 Å². The molecule has 0 N–H and O–H groups in total. The topological polar surface area (TPSA) is 29.3 Å².